The quantitative estimate of drug-likeness (QED) is 0.0353. The van der Waals surface area contributed by atoms with E-state index in [9.17, 15) is 33.3 Å². The molecule has 0 aliphatic heterocycles. The second-order valence-corrected chi connectivity index (χ2v) is 14.4. The molecule has 0 aliphatic carbocycles. The van der Waals surface area contributed by atoms with Crippen molar-refractivity contribution in [2.75, 3.05) is 46.2 Å². The third-order valence-corrected chi connectivity index (χ3v) is 9.69. The van der Waals surface area contributed by atoms with Crippen molar-refractivity contribution in [1.82, 2.24) is 0 Å². The molecule has 248 valence electrons. The smallest absolute Gasteiger partial charge is 0.377 e. The Hall–Kier alpha value is -2.35. The lowest BCUT2D eigenvalue weighted by Gasteiger charge is -2.22. The van der Waals surface area contributed by atoms with E-state index >= 15 is 0 Å². The van der Waals surface area contributed by atoms with Gasteiger partial charge in [-0.2, -0.15) is 0 Å². The summed E-state index contributed by atoms with van der Waals surface area (Å²) >= 11 is 0. The maximum Gasteiger partial charge on any atom is 0.472 e. The summed E-state index contributed by atoms with van der Waals surface area (Å²) in [6, 6.07) is 22.0. The predicted molar refractivity (Wildman–Crippen MR) is 172 cm³/mol. The third kappa shape index (κ3) is 8.76. The molecular formula is C29H34NO13P3. The standard InChI is InChI=1S/C29H34NO13P3/c30-12-13-39-45(34,35)40-16-14-38-15-17-41-46(36,37)43-22(19-42-44(31,32)33)18-21-10-11-27-25-8-2-5-20-4-1-7-24(28(20)25)26-9-3-6-23(21)29(26)27/h1-11,22H,12-19,30H2,(H,34,35)(H,36,37)(H2,31,32,33). The zero-order valence-electron chi connectivity index (χ0n) is 24.5. The molecule has 3 atom stereocenters. The number of phosphoric ester groups is 3. The van der Waals surface area contributed by atoms with Gasteiger partial charge in [-0.25, -0.2) is 13.7 Å². The molecule has 46 heavy (non-hydrogen) atoms. The second-order valence-electron chi connectivity index (χ2n) is 10.3. The van der Waals surface area contributed by atoms with Crippen molar-refractivity contribution in [2.45, 2.75) is 12.5 Å². The molecule has 0 saturated heterocycles. The number of phosphoric acid groups is 3. The first-order chi connectivity index (χ1) is 21.9. The minimum atomic E-state index is -4.94. The van der Waals surface area contributed by atoms with Gasteiger partial charge in [0.05, 0.1) is 45.7 Å². The Labute approximate surface area is 263 Å². The van der Waals surface area contributed by atoms with Crippen LogP contribution in [-0.4, -0.2) is 71.9 Å². The normalized spacial score (nSPS) is 15.9. The summed E-state index contributed by atoms with van der Waals surface area (Å²) in [5.41, 5.74) is 5.90. The van der Waals surface area contributed by atoms with Gasteiger partial charge in [-0.15, -0.1) is 0 Å². The van der Waals surface area contributed by atoms with Crippen LogP contribution in [0.5, 0.6) is 0 Å². The molecule has 3 unspecified atom stereocenters. The van der Waals surface area contributed by atoms with Crippen molar-refractivity contribution < 1.29 is 60.6 Å². The zero-order valence-corrected chi connectivity index (χ0v) is 27.2. The van der Waals surface area contributed by atoms with E-state index in [0.29, 0.717) is 5.56 Å². The molecule has 5 aromatic carbocycles. The van der Waals surface area contributed by atoms with Crippen molar-refractivity contribution in [3.63, 3.8) is 0 Å². The Morgan fingerprint density at radius 2 is 1.15 bits per heavy atom. The molecule has 0 aromatic heterocycles. The SMILES string of the molecule is NCCOP(=O)(O)OCCOCCOP(=O)(O)OC(COP(=O)(O)O)Cc1ccc2c3cccc4cccc(c5cccc1c52)c43. The van der Waals surface area contributed by atoms with Gasteiger partial charge in [0, 0.05) is 13.0 Å². The number of hydrogen-bond donors (Lipinski definition) is 5. The summed E-state index contributed by atoms with van der Waals surface area (Å²) in [5, 5.41) is 8.29. The fourth-order valence-corrected chi connectivity index (χ4v) is 7.34. The van der Waals surface area contributed by atoms with Crippen LogP contribution in [-0.2, 0) is 47.5 Å². The minimum absolute atomic E-state index is 0.0350. The molecule has 0 fully saturated rings. The van der Waals surface area contributed by atoms with Crippen LogP contribution in [0.3, 0.4) is 0 Å². The van der Waals surface area contributed by atoms with Crippen LogP contribution in [0.4, 0.5) is 0 Å². The first-order valence-electron chi connectivity index (χ1n) is 14.2. The lowest BCUT2D eigenvalue weighted by Crippen LogP contribution is -2.22. The van der Waals surface area contributed by atoms with Crippen molar-refractivity contribution in [3.8, 4) is 0 Å². The van der Waals surface area contributed by atoms with Crippen molar-refractivity contribution in [3.05, 3.63) is 72.3 Å². The second kappa shape index (κ2) is 14.8. The van der Waals surface area contributed by atoms with Crippen molar-refractivity contribution in [1.29, 1.82) is 0 Å². The van der Waals surface area contributed by atoms with Crippen LogP contribution >= 0.6 is 23.5 Å². The average Bonchev–Trinajstić information content (AvgIpc) is 3.01. The molecule has 14 nitrogen and oxygen atoms in total. The molecule has 0 saturated carbocycles. The fourth-order valence-electron chi connectivity index (χ4n) is 5.39. The molecule has 0 heterocycles. The molecular weight excluding hydrogens is 663 g/mol. The zero-order chi connectivity index (χ0) is 33.0. The summed E-state index contributed by atoms with van der Waals surface area (Å²) in [7, 11) is -14.0. The Balaban J connectivity index is 1.30. The number of rotatable bonds is 18. The monoisotopic (exact) mass is 697 g/mol. The van der Waals surface area contributed by atoms with E-state index in [2.05, 4.69) is 33.3 Å². The van der Waals surface area contributed by atoms with E-state index in [0.717, 1.165) is 43.1 Å². The number of fused-ring (bicyclic) bond motifs is 2. The van der Waals surface area contributed by atoms with E-state index in [1.165, 1.54) is 0 Å². The number of nitrogens with two attached hydrogens (primary N) is 1. The maximum absolute atomic E-state index is 12.8. The average molecular weight is 698 g/mol. The van der Waals surface area contributed by atoms with Crippen LogP contribution in [0.15, 0.2) is 66.7 Å². The molecule has 0 bridgehead atoms. The van der Waals surface area contributed by atoms with E-state index in [4.69, 9.17) is 24.0 Å². The van der Waals surface area contributed by atoms with Crippen LogP contribution in [0, 0.1) is 0 Å². The highest BCUT2D eigenvalue weighted by Crippen LogP contribution is 2.47. The summed E-state index contributed by atoms with van der Waals surface area (Å²) < 4.78 is 65.3. The largest absolute Gasteiger partial charge is 0.472 e. The number of hydrogen-bond acceptors (Lipinski definition) is 10. The first kappa shape index (κ1) is 35.0. The van der Waals surface area contributed by atoms with Gasteiger partial charge in [-0.3, -0.25) is 22.6 Å². The predicted octanol–water partition coefficient (Wildman–Crippen LogP) is 5.00. The van der Waals surface area contributed by atoms with Gasteiger partial charge in [-0.05, 0) is 48.7 Å². The van der Waals surface area contributed by atoms with Gasteiger partial charge in [0.1, 0.15) is 0 Å². The maximum atomic E-state index is 12.8. The molecule has 6 N–H and O–H groups in total. The number of benzene rings is 5. The highest BCUT2D eigenvalue weighted by atomic mass is 31.2. The van der Waals surface area contributed by atoms with Crippen molar-refractivity contribution >= 4 is 66.6 Å². The van der Waals surface area contributed by atoms with Gasteiger partial charge in [0.2, 0.25) is 0 Å². The van der Waals surface area contributed by atoms with E-state index in [1.807, 2.05) is 42.5 Å². The van der Waals surface area contributed by atoms with E-state index in [1.54, 1.807) is 0 Å². The third-order valence-electron chi connectivity index (χ3n) is 7.11. The van der Waals surface area contributed by atoms with Gasteiger partial charge in [0.15, 0.2) is 0 Å². The van der Waals surface area contributed by atoms with Gasteiger partial charge < -0.3 is 30.0 Å². The van der Waals surface area contributed by atoms with Gasteiger partial charge >= 0.3 is 23.5 Å². The topological polar surface area (TPSA) is 214 Å². The molecule has 0 aliphatic rings. The Morgan fingerprint density at radius 1 is 0.609 bits per heavy atom. The van der Waals surface area contributed by atoms with Gasteiger partial charge in [0.25, 0.3) is 0 Å². The lowest BCUT2D eigenvalue weighted by atomic mass is 9.87. The molecule has 0 radical (unpaired) electrons. The van der Waals surface area contributed by atoms with Gasteiger partial charge in [-0.1, -0.05) is 66.7 Å². The van der Waals surface area contributed by atoms with Crippen LogP contribution < -0.4 is 5.73 Å². The number of ether oxygens (including phenoxy) is 1. The summed E-state index contributed by atoms with van der Waals surface area (Å²) in [4.78, 5) is 38.5. The summed E-state index contributed by atoms with van der Waals surface area (Å²) in [6.45, 7) is -1.90. The van der Waals surface area contributed by atoms with Crippen LogP contribution in [0.25, 0.3) is 43.1 Å². The minimum Gasteiger partial charge on any atom is -0.377 e. The highest BCUT2D eigenvalue weighted by molar-refractivity contribution is 7.47. The Morgan fingerprint density at radius 3 is 1.78 bits per heavy atom. The molecule has 0 spiro atoms. The molecule has 0 amide bonds. The summed E-state index contributed by atoms with van der Waals surface area (Å²) in [5.74, 6) is 0. The Kier molecular flexibility index (Phi) is 11.3. The molecule has 17 heteroatoms. The first-order valence-corrected chi connectivity index (χ1v) is 18.7. The molecule has 5 rings (SSSR count). The molecule has 5 aromatic rings. The van der Waals surface area contributed by atoms with E-state index in [-0.39, 0.29) is 39.4 Å². The lowest BCUT2D eigenvalue weighted by molar-refractivity contribution is 0.0346. The highest BCUT2D eigenvalue weighted by Gasteiger charge is 2.30. The van der Waals surface area contributed by atoms with E-state index < -0.39 is 42.8 Å². The van der Waals surface area contributed by atoms with Crippen LogP contribution in [0.1, 0.15) is 5.56 Å². The fraction of sp³-hybridized carbons (Fsp3) is 0.310. The van der Waals surface area contributed by atoms with Crippen LogP contribution in [0.2, 0.25) is 0 Å². The van der Waals surface area contributed by atoms with Crippen molar-refractivity contribution in [2.24, 2.45) is 5.73 Å². The summed E-state index contributed by atoms with van der Waals surface area (Å²) in [6.07, 6.45) is -1.33. The Bertz CT molecular complexity index is 1900.